The predicted molar refractivity (Wildman–Crippen MR) is 84.9 cm³/mol. The molecule has 4 heteroatoms. The van der Waals surface area contributed by atoms with Crippen LogP contribution in [0.2, 0.25) is 0 Å². The van der Waals surface area contributed by atoms with Crippen molar-refractivity contribution in [2.24, 2.45) is 5.92 Å². The number of aromatic carboxylic acids is 1. The highest BCUT2D eigenvalue weighted by atomic mass is 16.4. The van der Waals surface area contributed by atoms with Gasteiger partial charge in [-0.2, -0.15) is 0 Å². The van der Waals surface area contributed by atoms with E-state index >= 15 is 0 Å². The molecular formula is C17H26N2O2. The molecule has 1 aromatic heterocycles. The summed E-state index contributed by atoms with van der Waals surface area (Å²) in [5, 5.41) is 12.7. The summed E-state index contributed by atoms with van der Waals surface area (Å²) >= 11 is 0. The zero-order valence-corrected chi connectivity index (χ0v) is 13.2. The van der Waals surface area contributed by atoms with Gasteiger partial charge in [-0.15, -0.1) is 0 Å². The van der Waals surface area contributed by atoms with Crippen molar-refractivity contribution >= 4 is 11.8 Å². The quantitative estimate of drug-likeness (QED) is 0.849. The number of rotatable bonds is 5. The monoisotopic (exact) mass is 290 g/mol. The van der Waals surface area contributed by atoms with Gasteiger partial charge in [0.25, 0.3) is 0 Å². The molecule has 1 aliphatic carbocycles. The van der Waals surface area contributed by atoms with E-state index in [9.17, 15) is 9.90 Å². The van der Waals surface area contributed by atoms with E-state index in [0.29, 0.717) is 23.3 Å². The lowest BCUT2D eigenvalue weighted by molar-refractivity contribution is 0.0696. The van der Waals surface area contributed by atoms with Gasteiger partial charge < -0.3 is 10.4 Å². The lowest BCUT2D eigenvalue weighted by Crippen LogP contribution is -2.28. The molecule has 2 N–H and O–H groups in total. The summed E-state index contributed by atoms with van der Waals surface area (Å²) in [5.74, 6) is 0.677. The highest BCUT2D eigenvalue weighted by molar-refractivity contribution is 5.88. The number of hydrogen-bond donors (Lipinski definition) is 2. The number of carbonyl (C=O) groups is 1. The standard InChI is InChI=1S/C17H26N2O2/c1-11(2)15-9-14(17(20)21)10-16(19-15)18-12(3)13-7-5-4-6-8-13/h9-13H,4-8H2,1-3H3,(H,18,19)(H,20,21). The number of anilines is 1. The third-order valence-corrected chi connectivity index (χ3v) is 4.42. The van der Waals surface area contributed by atoms with Crippen LogP contribution < -0.4 is 5.32 Å². The minimum absolute atomic E-state index is 0.217. The maximum Gasteiger partial charge on any atom is 0.335 e. The average molecular weight is 290 g/mol. The van der Waals surface area contributed by atoms with Crippen LogP contribution in [-0.4, -0.2) is 22.1 Å². The van der Waals surface area contributed by atoms with Gasteiger partial charge in [-0.05, 0) is 43.7 Å². The Hall–Kier alpha value is -1.58. The van der Waals surface area contributed by atoms with Crippen molar-refractivity contribution in [2.75, 3.05) is 5.32 Å². The van der Waals surface area contributed by atoms with E-state index in [0.717, 1.165) is 5.69 Å². The van der Waals surface area contributed by atoms with E-state index in [1.165, 1.54) is 32.1 Å². The SMILES string of the molecule is CC(C)c1cc(C(=O)O)cc(NC(C)C2CCCCC2)n1. The maximum atomic E-state index is 11.3. The van der Waals surface area contributed by atoms with Gasteiger partial charge in [-0.1, -0.05) is 33.1 Å². The van der Waals surface area contributed by atoms with Crippen molar-refractivity contribution in [1.29, 1.82) is 0 Å². The van der Waals surface area contributed by atoms with E-state index in [1.807, 2.05) is 13.8 Å². The Balaban J connectivity index is 2.15. The van der Waals surface area contributed by atoms with Crippen LogP contribution in [0.25, 0.3) is 0 Å². The van der Waals surface area contributed by atoms with Crippen molar-refractivity contribution in [3.63, 3.8) is 0 Å². The van der Waals surface area contributed by atoms with Crippen LogP contribution in [0.1, 0.15) is 74.8 Å². The second-order valence-electron chi connectivity index (χ2n) is 6.46. The first-order chi connectivity index (χ1) is 9.97. The molecular weight excluding hydrogens is 264 g/mol. The van der Waals surface area contributed by atoms with Gasteiger partial charge in [0.1, 0.15) is 5.82 Å². The fraction of sp³-hybridized carbons (Fsp3) is 0.647. The molecule has 21 heavy (non-hydrogen) atoms. The lowest BCUT2D eigenvalue weighted by atomic mass is 9.84. The molecule has 1 aromatic rings. The molecule has 0 aliphatic heterocycles. The molecule has 0 aromatic carbocycles. The van der Waals surface area contributed by atoms with Gasteiger partial charge in [0.05, 0.1) is 5.56 Å². The summed E-state index contributed by atoms with van der Waals surface area (Å²) < 4.78 is 0. The Kier molecular flexibility index (Phi) is 5.21. The summed E-state index contributed by atoms with van der Waals surface area (Å²) in [7, 11) is 0. The smallest absolute Gasteiger partial charge is 0.335 e. The minimum Gasteiger partial charge on any atom is -0.478 e. The molecule has 0 radical (unpaired) electrons. The van der Waals surface area contributed by atoms with Gasteiger partial charge >= 0.3 is 5.97 Å². The van der Waals surface area contributed by atoms with Crippen LogP contribution in [0, 0.1) is 5.92 Å². The third-order valence-electron chi connectivity index (χ3n) is 4.42. The van der Waals surface area contributed by atoms with Crippen molar-refractivity contribution in [1.82, 2.24) is 4.98 Å². The molecule has 2 rings (SSSR count). The Morgan fingerprint density at radius 2 is 1.90 bits per heavy atom. The Morgan fingerprint density at radius 1 is 1.24 bits per heavy atom. The zero-order valence-electron chi connectivity index (χ0n) is 13.2. The topological polar surface area (TPSA) is 62.2 Å². The fourth-order valence-electron chi connectivity index (χ4n) is 3.03. The molecule has 0 spiro atoms. The van der Waals surface area contributed by atoms with Gasteiger partial charge in [0.2, 0.25) is 0 Å². The first-order valence-electron chi connectivity index (χ1n) is 7.99. The zero-order chi connectivity index (χ0) is 15.4. The van der Waals surface area contributed by atoms with Gasteiger partial charge in [0.15, 0.2) is 0 Å². The largest absolute Gasteiger partial charge is 0.478 e. The summed E-state index contributed by atoms with van der Waals surface area (Å²) in [4.78, 5) is 15.8. The Labute approximate surface area is 127 Å². The molecule has 1 unspecified atom stereocenters. The Morgan fingerprint density at radius 3 is 2.48 bits per heavy atom. The summed E-state index contributed by atoms with van der Waals surface area (Å²) in [6.07, 6.45) is 6.45. The number of carboxylic acid groups (broad SMARTS) is 1. The molecule has 1 aliphatic rings. The van der Waals surface area contributed by atoms with Crippen LogP contribution in [0.4, 0.5) is 5.82 Å². The van der Waals surface area contributed by atoms with E-state index in [2.05, 4.69) is 17.2 Å². The first-order valence-corrected chi connectivity index (χ1v) is 7.99. The number of pyridine rings is 1. The molecule has 4 nitrogen and oxygen atoms in total. The van der Waals surface area contributed by atoms with Crippen LogP contribution in [0.5, 0.6) is 0 Å². The second kappa shape index (κ2) is 6.92. The summed E-state index contributed by atoms with van der Waals surface area (Å²) in [6, 6.07) is 3.65. The van der Waals surface area contributed by atoms with Crippen LogP contribution in [0.3, 0.4) is 0 Å². The minimum atomic E-state index is -0.896. The highest BCUT2D eigenvalue weighted by Crippen LogP contribution is 2.28. The number of nitrogens with one attached hydrogen (secondary N) is 1. The van der Waals surface area contributed by atoms with Crippen LogP contribution in [-0.2, 0) is 0 Å². The van der Waals surface area contributed by atoms with Crippen molar-refractivity contribution in [3.05, 3.63) is 23.4 Å². The number of nitrogens with zero attached hydrogens (tertiary/aromatic N) is 1. The second-order valence-corrected chi connectivity index (χ2v) is 6.46. The van der Waals surface area contributed by atoms with Crippen molar-refractivity contribution < 1.29 is 9.90 Å². The number of aromatic nitrogens is 1. The number of carboxylic acids is 1. The van der Waals surface area contributed by atoms with Crippen molar-refractivity contribution in [2.45, 2.75) is 64.8 Å². The Bertz CT molecular complexity index is 494. The molecule has 1 saturated carbocycles. The fourth-order valence-corrected chi connectivity index (χ4v) is 3.03. The first kappa shape index (κ1) is 15.8. The molecule has 1 heterocycles. The number of hydrogen-bond acceptors (Lipinski definition) is 3. The van der Waals surface area contributed by atoms with Crippen LogP contribution >= 0.6 is 0 Å². The molecule has 0 amide bonds. The van der Waals surface area contributed by atoms with E-state index in [1.54, 1.807) is 12.1 Å². The highest BCUT2D eigenvalue weighted by Gasteiger charge is 2.21. The molecule has 1 fully saturated rings. The predicted octanol–water partition coefficient (Wildman–Crippen LogP) is 4.28. The van der Waals surface area contributed by atoms with Crippen molar-refractivity contribution in [3.8, 4) is 0 Å². The van der Waals surface area contributed by atoms with Gasteiger partial charge in [0, 0.05) is 11.7 Å². The van der Waals surface area contributed by atoms with Gasteiger partial charge in [-0.25, -0.2) is 9.78 Å². The summed E-state index contributed by atoms with van der Waals surface area (Å²) in [5.41, 5.74) is 1.14. The third kappa shape index (κ3) is 4.19. The van der Waals surface area contributed by atoms with Crippen LogP contribution in [0.15, 0.2) is 12.1 Å². The van der Waals surface area contributed by atoms with E-state index < -0.39 is 5.97 Å². The summed E-state index contributed by atoms with van der Waals surface area (Å²) in [6.45, 7) is 6.24. The van der Waals surface area contributed by atoms with E-state index in [4.69, 9.17) is 0 Å². The maximum absolute atomic E-state index is 11.3. The molecule has 0 bridgehead atoms. The molecule has 0 saturated heterocycles. The molecule has 116 valence electrons. The average Bonchev–Trinajstić information content (AvgIpc) is 2.47. The molecule has 1 atom stereocenters. The lowest BCUT2D eigenvalue weighted by Gasteiger charge is -2.28. The van der Waals surface area contributed by atoms with Gasteiger partial charge in [-0.3, -0.25) is 0 Å². The normalized spacial score (nSPS) is 17.7. The van der Waals surface area contributed by atoms with E-state index in [-0.39, 0.29) is 5.92 Å².